The fourth-order valence-electron chi connectivity index (χ4n) is 1.17. The summed E-state index contributed by atoms with van der Waals surface area (Å²) in [5.74, 6) is 1.13. The highest BCUT2D eigenvalue weighted by Gasteiger charge is 2.04. The third-order valence-electron chi connectivity index (χ3n) is 1.95. The molecule has 0 atom stereocenters. The number of aliphatic hydroxyl groups excluding tert-OH is 1. The van der Waals surface area contributed by atoms with Crippen molar-refractivity contribution in [3.8, 4) is 11.5 Å². The summed E-state index contributed by atoms with van der Waals surface area (Å²) in [6, 6.07) is 5.15. The maximum absolute atomic E-state index is 11.9. The lowest BCUT2D eigenvalue weighted by Gasteiger charge is -2.10. The van der Waals surface area contributed by atoms with Gasteiger partial charge in [0.25, 0.3) is 0 Å². The van der Waals surface area contributed by atoms with E-state index >= 15 is 0 Å². The molecule has 0 radical (unpaired) electrons. The molecule has 1 aromatic carbocycles. The Morgan fingerprint density at radius 2 is 2.13 bits per heavy atom. The quantitative estimate of drug-likeness (QED) is 0.735. The molecule has 0 bridgehead atoms. The Morgan fingerprint density at radius 3 is 2.73 bits per heavy atom. The van der Waals surface area contributed by atoms with Gasteiger partial charge in [-0.3, -0.25) is 4.39 Å². The van der Waals surface area contributed by atoms with Gasteiger partial charge >= 0.3 is 0 Å². The molecule has 0 saturated carbocycles. The first kappa shape index (κ1) is 11.8. The average Bonchev–Trinajstić information content (AvgIpc) is 2.29. The van der Waals surface area contributed by atoms with Gasteiger partial charge in [-0.1, -0.05) is 6.07 Å². The van der Waals surface area contributed by atoms with Crippen LogP contribution in [0.3, 0.4) is 0 Å². The van der Waals surface area contributed by atoms with Crippen molar-refractivity contribution in [3.63, 3.8) is 0 Å². The Labute approximate surface area is 88.4 Å². The number of halogens is 1. The van der Waals surface area contributed by atoms with E-state index in [1.54, 1.807) is 18.2 Å². The van der Waals surface area contributed by atoms with Crippen molar-refractivity contribution in [2.24, 2.45) is 0 Å². The topological polar surface area (TPSA) is 38.7 Å². The average molecular weight is 214 g/mol. The molecule has 1 rings (SSSR count). The van der Waals surface area contributed by atoms with Crippen LogP contribution in [0.5, 0.6) is 11.5 Å². The second-order valence-corrected chi connectivity index (χ2v) is 3.03. The molecule has 0 spiro atoms. The molecular weight excluding hydrogens is 199 g/mol. The number of alkyl halides is 1. The largest absolute Gasteiger partial charge is 0.493 e. The smallest absolute Gasteiger partial charge is 0.161 e. The van der Waals surface area contributed by atoms with Crippen molar-refractivity contribution < 1.29 is 19.0 Å². The van der Waals surface area contributed by atoms with E-state index in [0.29, 0.717) is 24.5 Å². The summed E-state index contributed by atoms with van der Waals surface area (Å²) in [6.45, 7) is -0.108. The van der Waals surface area contributed by atoms with Gasteiger partial charge in [-0.2, -0.15) is 0 Å². The van der Waals surface area contributed by atoms with Crippen LogP contribution in [0, 0.1) is 0 Å². The first-order valence-electron chi connectivity index (χ1n) is 4.78. The highest BCUT2D eigenvalue weighted by Crippen LogP contribution is 2.28. The molecule has 0 amide bonds. The summed E-state index contributed by atoms with van der Waals surface area (Å²) in [5, 5.41) is 8.92. The molecule has 0 aliphatic rings. The molecule has 0 heterocycles. The lowest BCUT2D eigenvalue weighted by molar-refractivity contribution is 0.269. The molecule has 0 aliphatic carbocycles. The third kappa shape index (κ3) is 3.40. The Balaban J connectivity index is 2.69. The Morgan fingerprint density at radius 1 is 1.33 bits per heavy atom. The molecule has 1 aromatic rings. The van der Waals surface area contributed by atoms with Gasteiger partial charge in [-0.05, 0) is 17.7 Å². The summed E-state index contributed by atoms with van der Waals surface area (Å²) in [7, 11) is 1.53. The predicted octanol–water partition coefficient (Wildman–Crippen LogP) is 1.93. The molecule has 0 saturated heterocycles. The van der Waals surface area contributed by atoms with Crippen molar-refractivity contribution in [3.05, 3.63) is 23.8 Å². The Hall–Kier alpha value is -1.29. The number of benzene rings is 1. The van der Waals surface area contributed by atoms with Crippen LogP contribution in [0.15, 0.2) is 18.2 Å². The van der Waals surface area contributed by atoms with Crippen molar-refractivity contribution in [2.75, 3.05) is 20.4 Å². The SMILES string of the molecule is COc1cc(CO)ccc1OCCCF. The van der Waals surface area contributed by atoms with E-state index in [4.69, 9.17) is 14.6 Å². The Kier molecular flexibility index (Phi) is 4.90. The highest BCUT2D eigenvalue weighted by atomic mass is 19.1. The zero-order chi connectivity index (χ0) is 11.1. The molecule has 0 aromatic heterocycles. The van der Waals surface area contributed by atoms with Gasteiger partial charge in [0.05, 0.1) is 27.0 Å². The fraction of sp³-hybridized carbons (Fsp3) is 0.455. The second-order valence-electron chi connectivity index (χ2n) is 3.03. The lowest BCUT2D eigenvalue weighted by Crippen LogP contribution is -2.00. The molecule has 0 unspecified atom stereocenters. The van der Waals surface area contributed by atoms with Crippen molar-refractivity contribution >= 4 is 0 Å². The van der Waals surface area contributed by atoms with Gasteiger partial charge in [0.15, 0.2) is 11.5 Å². The monoisotopic (exact) mass is 214 g/mol. The zero-order valence-electron chi connectivity index (χ0n) is 8.70. The molecule has 1 N–H and O–H groups in total. The van der Waals surface area contributed by atoms with Gasteiger partial charge < -0.3 is 14.6 Å². The van der Waals surface area contributed by atoms with Crippen molar-refractivity contribution in [2.45, 2.75) is 13.0 Å². The van der Waals surface area contributed by atoms with Gasteiger partial charge in [-0.25, -0.2) is 0 Å². The van der Waals surface area contributed by atoms with Crippen LogP contribution in [-0.4, -0.2) is 25.5 Å². The number of ether oxygens (including phenoxy) is 2. The number of hydrogen-bond donors (Lipinski definition) is 1. The normalized spacial score (nSPS) is 10.1. The summed E-state index contributed by atoms with van der Waals surface area (Å²) in [6.07, 6.45) is 0.366. The van der Waals surface area contributed by atoms with E-state index in [2.05, 4.69) is 0 Å². The number of hydrogen-bond acceptors (Lipinski definition) is 3. The third-order valence-corrected chi connectivity index (χ3v) is 1.95. The molecule has 3 nitrogen and oxygen atoms in total. The number of methoxy groups -OCH3 is 1. The first-order chi connectivity index (χ1) is 7.31. The maximum atomic E-state index is 11.9. The molecule has 84 valence electrons. The van der Waals surface area contributed by atoms with Crippen LogP contribution in [0.4, 0.5) is 4.39 Å². The van der Waals surface area contributed by atoms with Gasteiger partial charge in [0.2, 0.25) is 0 Å². The minimum absolute atomic E-state index is 0.0406. The van der Waals surface area contributed by atoms with Crippen LogP contribution < -0.4 is 9.47 Å². The molecule has 15 heavy (non-hydrogen) atoms. The molecule has 4 heteroatoms. The van der Waals surface area contributed by atoms with Crippen LogP contribution in [0.1, 0.15) is 12.0 Å². The van der Waals surface area contributed by atoms with E-state index in [1.807, 2.05) is 0 Å². The van der Waals surface area contributed by atoms with Crippen molar-refractivity contribution in [1.29, 1.82) is 0 Å². The standard InChI is InChI=1S/C11H15FO3/c1-14-11-7-9(8-13)3-4-10(11)15-6-2-5-12/h3-4,7,13H,2,5-6,8H2,1H3. The summed E-state index contributed by atoms with van der Waals surface area (Å²) in [4.78, 5) is 0. The molecular formula is C11H15FO3. The maximum Gasteiger partial charge on any atom is 0.161 e. The van der Waals surface area contributed by atoms with Gasteiger partial charge in [0, 0.05) is 6.42 Å². The molecule has 0 fully saturated rings. The minimum atomic E-state index is -0.392. The van der Waals surface area contributed by atoms with Crippen LogP contribution >= 0.6 is 0 Å². The van der Waals surface area contributed by atoms with E-state index in [0.717, 1.165) is 5.56 Å². The summed E-state index contributed by atoms with van der Waals surface area (Å²) < 4.78 is 22.3. The van der Waals surface area contributed by atoms with Crippen molar-refractivity contribution in [1.82, 2.24) is 0 Å². The lowest BCUT2D eigenvalue weighted by atomic mass is 10.2. The van der Waals surface area contributed by atoms with E-state index < -0.39 is 6.67 Å². The van der Waals surface area contributed by atoms with E-state index in [1.165, 1.54) is 7.11 Å². The van der Waals surface area contributed by atoms with E-state index in [-0.39, 0.29) is 6.61 Å². The fourth-order valence-corrected chi connectivity index (χ4v) is 1.17. The zero-order valence-corrected chi connectivity index (χ0v) is 8.70. The number of aliphatic hydroxyl groups is 1. The number of rotatable bonds is 6. The second kappa shape index (κ2) is 6.24. The Bertz CT molecular complexity index is 302. The summed E-state index contributed by atoms with van der Waals surface area (Å²) >= 11 is 0. The van der Waals surface area contributed by atoms with E-state index in [9.17, 15) is 4.39 Å². The van der Waals surface area contributed by atoms with Crippen LogP contribution in [0.25, 0.3) is 0 Å². The molecule has 0 aliphatic heterocycles. The van der Waals surface area contributed by atoms with Crippen LogP contribution in [-0.2, 0) is 6.61 Å². The first-order valence-corrected chi connectivity index (χ1v) is 4.78. The van der Waals surface area contributed by atoms with Crippen LogP contribution in [0.2, 0.25) is 0 Å². The van der Waals surface area contributed by atoms with Gasteiger partial charge in [0.1, 0.15) is 0 Å². The highest BCUT2D eigenvalue weighted by molar-refractivity contribution is 5.42. The summed E-state index contributed by atoms with van der Waals surface area (Å²) in [5.41, 5.74) is 0.754. The van der Waals surface area contributed by atoms with Gasteiger partial charge in [-0.15, -0.1) is 0 Å². The predicted molar refractivity (Wildman–Crippen MR) is 55.0 cm³/mol. The minimum Gasteiger partial charge on any atom is -0.493 e.